The number of carbonyl (C=O) groups is 3. The van der Waals surface area contributed by atoms with Crippen LogP contribution in [0.2, 0.25) is 0 Å². The van der Waals surface area contributed by atoms with Gasteiger partial charge in [0.25, 0.3) is 11.6 Å². The summed E-state index contributed by atoms with van der Waals surface area (Å²) < 4.78 is 9.93. The number of carbonyl (C=O) groups excluding carboxylic acids is 3. The fourth-order valence-corrected chi connectivity index (χ4v) is 3.46. The molecule has 3 rings (SSSR count). The van der Waals surface area contributed by atoms with E-state index < -0.39 is 35.4 Å². The number of rotatable bonds is 5. The lowest BCUT2D eigenvalue weighted by Gasteiger charge is -2.35. The van der Waals surface area contributed by atoms with Crippen molar-refractivity contribution in [1.82, 2.24) is 4.90 Å². The number of hydrogen-bond donors (Lipinski definition) is 0. The van der Waals surface area contributed by atoms with Crippen molar-refractivity contribution in [1.29, 1.82) is 0 Å². The molecule has 0 N–H and O–H groups in total. The van der Waals surface area contributed by atoms with Gasteiger partial charge >= 0.3 is 11.9 Å². The number of esters is 2. The Balaban J connectivity index is 1.75. The van der Waals surface area contributed by atoms with E-state index in [2.05, 4.69) is 0 Å². The summed E-state index contributed by atoms with van der Waals surface area (Å²) >= 11 is 0. The first-order chi connectivity index (χ1) is 14.3. The quantitative estimate of drug-likeness (QED) is 0.420. The Bertz CT molecular complexity index is 1020. The molecule has 0 unspecified atom stereocenters. The van der Waals surface area contributed by atoms with E-state index in [4.69, 9.17) is 9.47 Å². The van der Waals surface area contributed by atoms with E-state index in [1.807, 2.05) is 24.3 Å². The van der Waals surface area contributed by atoms with Crippen molar-refractivity contribution in [2.24, 2.45) is 0 Å². The van der Waals surface area contributed by atoms with E-state index >= 15 is 0 Å². The number of benzene rings is 2. The topological polar surface area (TPSA) is 116 Å². The van der Waals surface area contributed by atoms with Gasteiger partial charge in [-0.2, -0.15) is 0 Å². The summed E-state index contributed by atoms with van der Waals surface area (Å²) in [6.45, 7) is 1.02. The highest BCUT2D eigenvalue weighted by Crippen LogP contribution is 2.25. The van der Waals surface area contributed by atoms with Gasteiger partial charge in [0.2, 0.25) is 0 Å². The maximum absolute atomic E-state index is 12.8. The molecule has 0 aliphatic carbocycles. The van der Waals surface area contributed by atoms with Crippen LogP contribution < -0.4 is 0 Å². The highest BCUT2D eigenvalue weighted by atomic mass is 16.6. The van der Waals surface area contributed by atoms with Gasteiger partial charge < -0.3 is 14.4 Å². The van der Waals surface area contributed by atoms with Crippen molar-refractivity contribution in [3.8, 4) is 0 Å². The minimum Gasteiger partial charge on any atom is -0.467 e. The number of ether oxygens (including phenoxy) is 2. The second-order valence-electron chi connectivity index (χ2n) is 6.82. The van der Waals surface area contributed by atoms with Crippen molar-refractivity contribution >= 4 is 23.5 Å². The second-order valence-corrected chi connectivity index (χ2v) is 6.82. The van der Waals surface area contributed by atoms with Crippen LogP contribution in [0.5, 0.6) is 0 Å². The zero-order valence-electron chi connectivity index (χ0n) is 16.5. The Hall–Kier alpha value is -3.75. The summed E-state index contributed by atoms with van der Waals surface area (Å²) in [5.41, 5.74) is 1.78. The highest BCUT2D eigenvalue weighted by Gasteiger charge is 2.35. The van der Waals surface area contributed by atoms with Gasteiger partial charge in [0.05, 0.1) is 17.6 Å². The van der Waals surface area contributed by atoms with E-state index in [9.17, 15) is 24.5 Å². The van der Waals surface area contributed by atoms with Gasteiger partial charge in [0.1, 0.15) is 6.04 Å². The van der Waals surface area contributed by atoms with E-state index in [0.29, 0.717) is 6.42 Å². The van der Waals surface area contributed by atoms with Gasteiger partial charge in [-0.1, -0.05) is 30.3 Å². The largest absolute Gasteiger partial charge is 0.467 e. The maximum atomic E-state index is 12.8. The molecule has 1 aliphatic rings. The SMILES string of the molecule is COC(=O)[C@@H]1Cc2ccccc2CN1C(=O)COC(=O)c1cccc([N+](=O)[O-])c1C. The molecule has 2 aromatic rings. The zero-order valence-corrected chi connectivity index (χ0v) is 16.5. The Kier molecular flexibility index (Phi) is 6.10. The van der Waals surface area contributed by atoms with Crippen molar-refractivity contribution in [3.05, 3.63) is 74.8 Å². The van der Waals surface area contributed by atoms with Crippen LogP contribution >= 0.6 is 0 Å². The van der Waals surface area contributed by atoms with E-state index in [1.54, 1.807) is 0 Å². The van der Waals surface area contributed by atoms with Gasteiger partial charge in [-0.15, -0.1) is 0 Å². The van der Waals surface area contributed by atoms with Crippen LogP contribution in [0.3, 0.4) is 0 Å². The molecular formula is C21H20N2O7. The molecule has 0 fully saturated rings. The summed E-state index contributed by atoms with van der Waals surface area (Å²) in [6.07, 6.45) is 0.298. The lowest BCUT2D eigenvalue weighted by atomic mass is 9.94. The van der Waals surface area contributed by atoms with Crippen LogP contribution in [-0.4, -0.2) is 47.4 Å². The molecule has 1 heterocycles. The number of fused-ring (bicyclic) bond motifs is 1. The van der Waals surface area contributed by atoms with Crippen LogP contribution in [-0.2, 0) is 32.0 Å². The Morgan fingerprint density at radius 3 is 2.50 bits per heavy atom. The number of hydrogen-bond acceptors (Lipinski definition) is 7. The summed E-state index contributed by atoms with van der Waals surface area (Å²) in [7, 11) is 1.25. The normalized spacial score (nSPS) is 15.1. The molecule has 0 radical (unpaired) electrons. The molecule has 30 heavy (non-hydrogen) atoms. The molecule has 0 saturated heterocycles. The van der Waals surface area contributed by atoms with Crippen LogP contribution in [0, 0.1) is 17.0 Å². The number of nitro benzene ring substituents is 1. The number of nitrogens with zero attached hydrogens (tertiary/aromatic N) is 2. The molecule has 1 amide bonds. The third kappa shape index (κ3) is 4.14. The highest BCUT2D eigenvalue weighted by molar-refractivity contribution is 5.94. The van der Waals surface area contributed by atoms with Gasteiger partial charge in [-0.25, -0.2) is 9.59 Å². The molecule has 156 valence electrons. The van der Waals surface area contributed by atoms with Crippen LogP contribution in [0.25, 0.3) is 0 Å². The smallest absolute Gasteiger partial charge is 0.339 e. The van der Waals surface area contributed by atoms with E-state index in [0.717, 1.165) is 11.1 Å². The second kappa shape index (κ2) is 8.73. The van der Waals surface area contributed by atoms with Crippen molar-refractivity contribution in [2.75, 3.05) is 13.7 Å². The fourth-order valence-electron chi connectivity index (χ4n) is 3.46. The molecule has 9 heteroatoms. The molecule has 0 aromatic heterocycles. The van der Waals surface area contributed by atoms with Crippen LogP contribution in [0.4, 0.5) is 5.69 Å². The van der Waals surface area contributed by atoms with Crippen molar-refractivity contribution in [2.45, 2.75) is 25.9 Å². The molecular weight excluding hydrogens is 392 g/mol. The summed E-state index contributed by atoms with van der Waals surface area (Å²) in [6, 6.07) is 10.7. The number of nitro groups is 1. The summed E-state index contributed by atoms with van der Waals surface area (Å²) in [5, 5.41) is 11.0. The van der Waals surface area contributed by atoms with E-state index in [-0.39, 0.29) is 23.4 Å². The Morgan fingerprint density at radius 1 is 1.13 bits per heavy atom. The molecule has 1 aliphatic heterocycles. The Morgan fingerprint density at radius 2 is 1.83 bits per heavy atom. The molecule has 0 saturated carbocycles. The summed E-state index contributed by atoms with van der Waals surface area (Å²) in [5.74, 6) is -1.97. The van der Waals surface area contributed by atoms with Gasteiger partial charge in [-0.3, -0.25) is 14.9 Å². The lowest BCUT2D eigenvalue weighted by Crippen LogP contribution is -2.50. The average molecular weight is 412 g/mol. The van der Waals surface area contributed by atoms with Crippen LogP contribution in [0.1, 0.15) is 27.0 Å². The lowest BCUT2D eigenvalue weighted by molar-refractivity contribution is -0.385. The maximum Gasteiger partial charge on any atom is 0.339 e. The zero-order chi connectivity index (χ0) is 21.8. The summed E-state index contributed by atoms with van der Waals surface area (Å²) in [4.78, 5) is 49.1. The third-order valence-corrected chi connectivity index (χ3v) is 5.09. The molecule has 9 nitrogen and oxygen atoms in total. The van der Waals surface area contributed by atoms with Crippen molar-refractivity contribution < 1.29 is 28.8 Å². The minimum absolute atomic E-state index is 0.00510. The van der Waals surface area contributed by atoms with Gasteiger partial charge in [0.15, 0.2) is 6.61 Å². The molecule has 1 atom stereocenters. The monoisotopic (exact) mass is 412 g/mol. The standard InChI is InChI=1S/C21H20N2O7/c1-13-16(8-5-9-17(13)23(27)28)20(25)30-12-19(24)22-11-15-7-4-3-6-14(15)10-18(22)21(26)29-2/h3-9,18H,10-12H2,1-2H3/t18-/m0/s1. The van der Waals surface area contributed by atoms with Crippen molar-refractivity contribution in [3.63, 3.8) is 0 Å². The first-order valence-electron chi connectivity index (χ1n) is 9.18. The van der Waals surface area contributed by atoms with E-state index in [1.165, 1.54) is 37.1 Å². The molecule has 0 spiro atoms. The third-order valence-electron chi connectivity index (χ3n) is 5.09. The Labute approximate surface area is 172 Å². The van der Waals surface area contributed by atoms with Crippen LogP contribution in [0.15, 0.2) is 42.5 Å². The van der Waals surface area contributed by atoms with Gasteiger partial charge in [0, 0.05) is 24.6 Å². The first kappa shape index (κ1) is 21.0. The average Bonchev–Trinajstić information content (AvgIpc) is 2.75. The van der Waals surface area contributed by atoms with Gasteiger partial charge in [-0.05, 0) is 24.1 Å². The molecule has 2 aromatic carbocycles. The molecule has 0 bridgehead atoms. The number of methoxy groups -OCH3 is 1. The fraction of sp³-hybridized carbons (Fsp3) is 0.286. The number of amides is 1. The minimum atomic E-state index is -0.850. The predicted octanol–water partition coefficient (Wildman–Crippen LogP) is 2.19. The first-order valence-corrected chi connectivity index (χ1v) is 9.18. The predicted molar refractivity (Wildman–Crippen MR) is 105 cm³/mol.